The van der Waals surface area contributed by atoms with E-state index >= 15 is 0 Å². The molecule has 8 heteroatoms. The normalized spacial score (nSPS) is 20.2. The molecular formula is C23H40IN5O2. The number of hydrogen-bond donors (Lipinski definition) is 2. The average molecular weight is 546 g/mol. The van der Waals surface area contributed by atoms with Crippen molar-refractivity contribution in [3.05, 3.63) is 24.4 Å². The van der Waals surface area contributed by atoms with E-state index in [9.17, 15) is 0 Å². The van der Waals surface area contributed by atoms with Gasteiger partial charge in [-0.3, -0.25) is 4.99 Å². The second kappa shape index (κ2) is 15.6. The van der Waals surface area contributed by atoms with Crippen LogP contribution in [0.3, 0.4) is 0 Å². The van der Waals surface area contributed by atoms with E-state index in [1.165, 1.54) is 12.8 Å². The lowest BCUT2D eigenvalue weighted by atomic mass is 10.1. The fourth-order valence-electron chi connectivity index (χ4n) is 3.95. The molecule has 176 valence electrons. The van der Waals surface area contributed by atoms with E-state index in [2.05, 4.69) is 27.4 Å². The Labute approximate surface area is 204 Å². The van der Waals surface area contributed by atoms with Crippen molar-refractivity contribution >= 4 is 35.8 Å². The van der Waals surface area contributed by atoms with Gasteiger partial charge in [0.05, 0.1) is 18.8 Å². The SMILES string of the molecule is CCNC(=NCCCCNc1ccccn1)N1CCC(OCC2CCCCO2)CC1.I. The van der Waals surface area contributed by atoms with Crippen molar-refractivity contribution in [3.63, 3.8) is 0 Å². The highest BCUT2D eigenvalue weighted by Gasteiger charge is 2.23. The number of rotatable bonds is 10. The molecule has 0 amide bonds. The number of piperidine rings is 1. The van der Waals surface area contributed by atoms with E-state index in [1.54, 1.807) is 0 Å². The highest BCUT2D eigenvalue weighted by Crippen LogP contribution is 2.18. The lowest BCUT2D eigenvalue weighted by molar-refractivity contribution is -0.0721. The smallest absolute Gasteiger partial charge is 0.193 e. The zero-order valence-corrected chi connectivity index (χ0v) is 21.3. The summed E-state index contributed by atoms with van der Waals surface area (Å²) in [5.41, 5.74) is 0. The monoisotopic (exact) mass is 545 g/mol. The van der Waals surface area contributed by atoms with Crippen molar-refractivity contribution in [1.29, 1.82) is 0 Å². The first-order valence-corrected chi connectivity index (χ1v) is 11.8. The Hall–Kier alpha value is -1.13. The third kappa shape index (κ3) is 9.91. The summed E-state index contributed by atoms with van der Waals surface area (Å²) in [5, 5.41) is 6.81. The van der Waals surface area contributed by atoms with Gasteiger partial charge in [0.25, 0.3) is 0 Å². The van der Waals surface area contributed by atoms with Crippen LogP contribution >= 0.6 is 24.0 Å². The summed E-state index contributed by atoms with van der Waals surface area (Å²) in [6.07, 6.45) is 10.4. The van der Waals surface area contributed by atoms with E-state index < -0.39 is 0 Å². The Bertz CT molecular complexity index is 605. The van der Waals surface area contributed by atoms with Gasteiger partial charge in [0.2, 0.25) is 0 Å². The van der Waals surface area contributed by atoms with Crippen LogP contribution in [0.15, 0.2) is 29.4 Å². The van der Waals surface area contributed by atoms with Crippen LogP contribution in [0.2, 0.25) is 0 Å². The zero-order valence-electron chi connectivity index (χ0n) is 18.9. The molecule has 2 aliphatic heterocycles. The first-order chi connectivity index (χ1) is 14.8. The topological polar surface area (TPSA) is 71.0 Å². The van der Waals surface area contributed by atoms with Crippen molar-refractivity contribution < 1.29 is 9.47 Å². The molecule has 0 spiro atoms. The van der Waals surface area contributed by atoms with Crippen LogP contribution < -0.4 is 10.6 Å². The first-order valence-electron chi connectivity index (χ1n) is 11.8. The van der Waals surface area contributed by atoms with Gasteiger partial charge in [-0.15, -0.1) is 24.0 Å². The van der Waals surface area contributed by atoms with Crippen molar-refractivity contribution in [2.45, 2.75) is 64.1 Å². The molecule has 3 heterocycles. The zero-order chi connectivity index (χ0) is 20.9. The van der Waals surface area contributed by atoms with Gasteiger partial charge < -0.3 is 25.0 Å². The average Bonchev–Trinajstić information content (AvgIpc) is 2.81. The summed E-state index contributed by atoms with van der Waals surface area (Å²) in [7, 11) is 0. The van der Waals surface area contributed by atoms with Gasteiger partial charge >= 0.3 is 0 Å². The molecule has 1 aromatic rings. The highest BCUT2D eigenvalue weighted by atomic mass is 127. The Morgan fingerprint density at radius 3 is 2.81 bits per heavy atom. The van der Waals surface area contributed by atoms with Crippen molar-refractivity contribution in [1.82, 2.24) is 15.2 Å². The Balaban J connectivity index is 0.00000341. The molecule has 2 saturated heterocycles. The molecule has 0 aromatic carbocycles. The second-order valence-corrected chi connectivity index (χ2v) is 8.09. The largest absolute Gasteiger partial charge is 0.376 e. The molecule has 2 aliphatic rings. The van der Waals surface area contributed by atoms with E-state index in [1.807, 2.05) is 24.4 Å². The quantitative estimate of drug-likeness (QED) is 0.201. The minimum Gasteiger partial charge on any atom is -0.376 e. The first kappa shape index (κ1) is 26.1. The third-order valence-electron chi connectivity index (χ3n) is 5.69. The number of halogens is 1. The standard InChI is InChI=1S/C23H39N5O2.HI/c1-2-24-23(27-15-7-6-14-26-22-10-3-5-13-25-22)28-16-11-20(12-17-28)30-19-21-9-4-8-18-29-21;/h3,5,10,13,20-21H,2,4,6-9,11-12,14-19H2,1H3,(H,24,27)(H,25,26);1H. The Morgan fingerprint density at radius 2 is 2.10 bits per heavy atom. The fourth-order valence-corrected chi connectivity index (χ4v) is 3.95. The van der Waals surface area contributed by atoms with E-state index in [0.717, 1.165) is 89.8 Å². The lowest BCUT2D eigenvalue weighted by Gasteiger charge is -2.35. The molecule has 0 saturated carbocycles. The Kier molecular flexibility index (Phi) is 13.2. The third-order valence-corrected chi connectivity index (χ3v) is 5.69. The molecule has 2 N–H and O–H groups in total. The number of pyridine rings is 1. The summed E-state index contributed by atoms with van der Waals surface area (Å²) in [6, 6.07) is 5.93. The molecule has 1 atom stereocenters. The number of hydrogen-bond acceptors (Lipinski definition) is 5. The molecule has 0 aliphatic carbocycles. The number of ether oxygens (including phenoxy) is 2. The van der Waals surface area contributed by atoms with Crippen molar-refractivity contribution in [2.24, 2.45) is 4.99 Å². The molecule has 1 aromatic heterocycles. The maximum atomic E-state index is 6.15. The van der Waals surface area contributed by atoms with E-state index in [4.69, 9.17) is 14.5 Å². The van der Waals surface area contributed by atoms with Crippen molar-refractivity contribution in [3.8, 4) is 0 Å². The molecule has 3 rings (SSSR count). The van der Waals surface area contributed by atoms with Crippen LogP contribution in [0.5, 0.6) is 0 Å². The van der Waals surface area contributed by atoms with Gasteiger partial charge in [-0.25, -0.2) is 4.98 Å². The van der Waals surface area contributed by atoms with Gasteiger partial charge in [-0.1, -0.05) is 6.07 Å². The number of unbranched alkanes of at least 4 members (excludes halogenated alkanes) is 1. The molecule has 31 heavy (non-hydrogen) atoms. The molecule has 7 nitrogen and oxygen atoms in total. The molecular weight excluding hydrogens is 505 g/mol. The number of aromatic nitrogens is 1. The van der Waals surface area contributed by atoms with Gasteiger partial charge in [0, 0.05) is 45.5 Å². The minimum absolute atomic E-state index is 0. The molecule has 0 radical (unpaired) electrons. The number of likely N-dealkylation sites (tertiary alicyclic amines) is 1. The summed E-state index contributed by atoms with van der Waals surface area (Å²) in [5.74, 6) is 1.98. The molecule has 2 fully saturated rings. The summed E-state index contributed by atoms with van der Waals surface area (Å²) < 4.78 is 11.9. The number of nitrogens with one attached hydrogen (secondary N) is 2. The second-order valence-electron chi connectivity index (χ2n) is 8.09. The minimum atomic E-state index is 0. The van der Waals surface area contributed by atoms with Gasteiger partial charge in [-0.2, -0.15) is 0 Å². The van der Waals surface area contributed by atoms with Gasteiger partial charge in [0.1, 0.15) is 5.82 Å². The summed E-state index contributed by atoms with van der Waals surface area (Å²) >= 11 is 0. The van der Waals surface area contributed by atoms with Crippen LogP contribution in [0.4, 0.5) is 5.82 Å². The predicted octanol–water partition coefficient (Wildman–Crippen LogP) is 3.91. The summed E-state index contributed by atoms with van der Waals surface area (Å²) in [4.78, 5) is 11.5. The number of nitrogens with zero attached hydrogens (tertiary/aromatic N) is 3. The number of guanidine groups is 1. The van der Waals surface area contributed by atoms with E-state index in [-0.39, 0.29) is 24.0 Å². The maximum absolute atomic E-state index is 6.15. The molecule has 0 bridgehead atoms. The van der Waals surface area contributed by atoms with Crippen LogP contribution in [0, 0.1) is 0 Å². The Morgan fingerprint density at radius 1 is 1.23 bits per heavy atom. The molecule has 1 unspecified atom stereocenters. The predicted molar refractivity (Wildman–Crippen MR) is 137 cm³/mol. The van der Waals surface area contributed by atoms with Gasteiger partial charge in [-0.05, 0) is 64.0 Å². The van der Waals surface area contributed by atoms with Crippen LogP contribution in [0.1, 0.15) is 51.9 Å². The summed E-state index contributed by atoms with van der Waals surface area (Å²) in [6.45, 7) is 8.46. The maximum Gasteiger partial charge on any atom is 0.193 e. The van der Waals surface area contributed by atoms with Crippen LogP contribution in [-0.4, -0.2) is 74.0 Å². The fraction of sp³-hybridized carbons (Fsp3) is 0.739. The highest BCUT2D eigenvalue weighted by molar-refractivity contribution is 14.0. The van der Waals surface area contributed by atoms with E-state index in [0.29, 0.717) is 12.2 Å². The van der Waals surface area contributed by atoms with Crippen LogP contribution in [0.25, 0.3) is 0 Å². The number of aliphatic imine (C=N–C) groups is 1. The lowest BCUT2D eigenvalue weighted by Crippen LogP contribution is -2.47. The van der Waals surface area contributed by atoms with Crippen molar-refractivity contribution in [2.75, 3.05) is 51.3 Å². The van der Waals surface area contributed by atoms with Gasteiger partial charge in [0.15, 0.2) is 5.96 Å². The number of anilines is 1. The van der Waals surface area contributed by atoms with Crippen LogP contribution in [-0.2, 0) is 9.47 Å².